The number of aliphatic hydroxyl groups is 4. The molecule has 0 bridgehead atoms. The average molecular weight is 1000 g/mol. The summed E-state index contributed by atoms with van der Waals surface area (Å²) in [5.41, 5.74) is 0.673. The van der Waals surface area contributed by atoms with E-state index in [4.69, 9.17) is 18.9 Å². The second-order valence-electron chi connectivity index (χ2n) is 21.9. The van der Waals surface area contributed by atoms with Crippen LogP contribution < -0.4 is 0 Å². The van der Waals surface area contributed by atoms with Crippen LogP contribution in [0.25, 0.3) is 12.2 Å². The van der Waals surface area contributed by atoms with Gasteiger partial charge in [0.2, 0.25) is 0 Å². The van der Waals surface area contributed by atoms with Crippen molar-refractivity contribution in [2.45, 2.75) is 215 Å². The molecule has 386 valence electrons. The van der Waals surface area contributed by atoms with E-state index in [2.05, 4.69) is 16.9 Å². The molecule has 0 aliphatic carbocycles. The van der Waals surface area contributed by atoms with Crippen molar-refractivity contribution in [1.82, 2.24) is 9.97 Å². The SMILES string of the molecule is CC(=Cc1csc(C)n1)[C@@H]1C[C@@H]2O[C@@H]2CCC[C@H](C)[C@H](O)[C@@H](C)C(=O)C(C)(C)[C@@H](O)CC(=O)O1.CC(=Cc1csc(C)n1)[C@@H]1C[C@@H]2O[C@]2(C)CCC[C@H](C)[C@H](O)[C@@H](C)C(=O)C(C)(C)[C@@H](O)CC(=O)O1. The first kappa shape index (κ1) is 56.7. The van der Waals surface area contributed by atoms with Gasteiger partial charge in [-0.1, -0.05) is 68.2 Å². The summed E-state index contributed by atoms with van der Waals surface area (Å²) in [5, 5.41) is 49.1. The number of hydrogen-bond acceptors (Lipinski definition) is 16. The minimum absolute atomic E-state index is 0.00770. The molecule has 4 aliphatic rings. The predicted molar refractivity (Wildman–Crippen MR) is 267 cm³/mol. The van der Waals surface area contributed by atoms with Crippen molar-refractivity contribution in [3.8, 4) is 0 Å². The number of cyclic esters (lactones) is 2. The first-order valence-electron chi connectivity index (χ1n) is 24.9. The lowest BCUT2D eigenvalue weighted by Crippen LogP contribution is -2.45. The number of aryl methyl sites for hydroxylation is 2. The van der Waals surface area contributed by atoms with Crippen molar-refractivity contribution < 1.29 is 58.6 Å². The molecule has 0 unspecified atom stereocenters. The molecule has 2 aromatic rings. The van der Waals surface area contributed by atoms with Crippen LogP contribution in [-0.4, -0.2) is 114 Å². The van der Waals surface area contributed by atoms with Crippen LogP contribution >= 0.6 is 22.7 Å². The predicted octanol–water partition coefficient (Wildman–Crippen LogP) is 8.56. The number of ketones is 2. The third-order valence-corrected chi connectivity index (χ3v) is 16.9. The van der Waals surface area contributed by atoms with Gasteiger partial charge >= 0.3 is 11.9 Å². The number of aromatic nitrogens is 2. The number of aliphatic hydroxyl groups excluding tert-OH is 4. The highest BCUT2D eigenvalue weighted by atomic mass is 32.1. The van der Waals surface area contributed by atoms with E-state index < -0.39 is 71.2 Å². The number of carbonyl (C=O) groups excluding carboxylic acids is 4. The molecule has 0 amide bonds. The molecule has 2 aromatic heterocycles. The summed E-state index contributed by atoms with van der Waals surface area (Å²) < 4.78 is 23.6. The van der Waals surface area contributed by atoms with Gasteiger partial charge in [-0.3, -0.25) is 19.2 Å². The molecule has 4 N–H and O–H groups in total. The summed E-state index contributed by atoms with van der Waals surface area (Å²) in [6.45, 7) is 23.6. The monoisotopic (exact) mass is 1000 g/mol. The second kappa shape index (κ2) is 23.6. The fourth-order valence-corrected chi connectivity index (χ4v) is 11.0. The van der Waals surface area contributed by atoms with Gasteiger partial charge in [-0.05, 0) is 95.4 Å². The average Bonchev–Trinajstić information content (AvgIpc) is 4.04. The standard InChI is InChI=1S/C27H41NO6S.C26H39NO6S/c1-15-9-8-10-27(7)22(34-27)12-20(16(2)11-19-14-35-18(4)28-19)33-23(30)13-21(29)26(5,6)25(32)17(3)24(15)31;1-14-8-7-9-19-21(32-19)11-20(15(2)10-18-13-34-17(4)27-18)33-23(29)12-22(28)26(5,6)25(31)16(3)24(14)30/h11,14-15,17,20-22,24,29,31H,8-10,12-13H2,1-7H3;10,13-14,16,19-22,24,28,30H,7-9,11-12H2,1-6H3/t15-,17+,20-,21-,22-,24-,27+;14-,16+,19+,20-,21-,22-,24-/m00/s1. The quantitative estimate of drug-likeness (QED) is 0.167. The topological polar surface area (TPSA) is 218 Å². The summed E-state index contributed by atoms with van der Waals surface area (Å²) in [6.07, 6.45) is 4.27. The maximum atomic E-state index is 13.2. The Morgan fingerprint density at radius 3 is 1.52 bits per heavy atom. The molecule has 0 radical (unpaired) electrons. The normalized spacial score (nSPS) is 36.7. The van der Waals surface area contributed by atoms with Crippen LogP contribution in [0.3, 0.4) is 0 Å². The third kappa shape index (κ3) is 14.9. The first-order chi connectivity index (χ1) is 32.1. The van der Waals surface area contributed by atoms with Gasteiger partial charge in [0.05, 0.1) is 93.4 Å². The van der Waals surface area contributed by atoms with Crippen molar-refractivity contribution in [2.24, 2.45) is 34.5 Å². The Kier molecular flexibility index (Phi) is 19.3. The van der Waals surface area contributed by atoms with Gasteiger partial charge in [-0.2, -0.15) is 0 Å². The Morgan fingerprint density at radius 1 is 0.652 bits per heavy atom. The second-order valence-corrected chi connectivity index (χ2v) is 24.0. The van der Waals surface area contributed by atoms with E-state index in [1.54, 1.807) is 64.2 Å². The van der Waals surface area contributed by atoms with Crippen molar-refractivity contribution >= 4 is 58.3 Å². The van der Waals surface area contributed by atoms with Gasteiger partial charge in [0.25, 0.3) is 0 Å². The minimum Gasteiger partial charge on any atom is -0.458 e. The van der Waals surface area contributed by atoms with Crippen LogP contribution in [0.4, 0.5) is 0 Å². The minimum atomic E-state index is -1.23. The lowest BCUT2D eigenvalue weighted by molar-refractivity contribution is -0.156. The molecule has 4 fully saturated rings. The zero-order chi connectivity index (χ0) is 51.3. The Balaban J connectivity index is 0.000000258. The largest absolute Gasteiger partial charge is 0.458 e. The van der Waals surface area contributed by atoms with Crippen LogP contribution in [0, 0.1) is 48.3 Å². The molecule has 4 aliphatic heterocycles. The zero-order valence-corrected chi connectivity index (χ0v) is 44.8. The molecule has 0 spiro atoms. The number of rotatable bonds is 4. The number of ether oxygens (including phenoxy) is 4. The molecular weight excluding hydrogens is 921 g/mol. The van der Waals surface area contributed by atoms with Crippen LogP contribution in [0.15, 0.2) is 21.9 Å². The molecule has 6 heterocycles. The van der Waals surface area contributed by atoms with Crippen molar-refractivity contribution in [3.63, 3.8) is 0 Å². The summed E-state index contributed by atoms with van der Waals surface area (Å²) >= 11 is 3.12. The molecule has 0 aromatic carbocycles. The number of esters is 2. The van der Waals surface area contributed by atoms with Crippen LogP contribution in [0.1, 0.15) is 162 Å². The summed E-state index contributed by atoms with van der Waals surface area (Å²) in [6, 6.07) is 0. The molecule has 14 nitrogen and oxygen atoms in total. The number of thiazole rings is 2. The van der Waals surface area contributed by atoms with Gasteiger partial charge < -0.3 is 39.4 Å². The van der Waals surface area contributed by atoms with E-state index >= 15 is 0 Å². The highest BCUT2D eigenvalue weighted by Gasteiger charge is 2.53. The molecule has 4 saturated heterocycles. The summed E-state index contributed by atoms with van der Waals surface area (Å²) in [7, 11) is 0. The molecule has 69 heavy (non-hydrogen) atoms. The van der Waals surface area contributed by atoms with Gasteiger partial charge in [-0.25, -0.2) is 9.97 Å². The molecule has 16 heteroatoms. The number of carbonyl (C=O) groups is 4. The lowest BCUT2D eigenvalue weighted by atomic mass is 9.73. The number of nitrogens with zero attached hydrogens (tertiary/aromatic N) is 2. The van der Waals surface area contributed by atoms with E-state index in [0.29, 0.717) is 12.8 Å². The first-order valence-corrected chi connectivity index (χ1v) is 26.6. The zero-order valence-electron chi connectivity index (χ0n) is 43.2. The number of Topliss-reactive ketones (excluding diaryl/α,β-unsaturated/α-hetero) is 2. The highest BCUT2D eigenvalue weighted by Crippen LogP contribution is 2.45. The van der Waals surface area contributed by atoms with E-state index in [9.17, 15) is 39.6 Å². The van der Waals surface area contributed by atoms with Gasteiger partial charge in [0.15, 0.2) is 0 Å². The van der Waals surface area contributed by atoms with Gasteiger partial charge in [0.1, 0.15) is 23.8 Å². The third-order valence-electron chi connectivity index (χ3n) is 15.3. The number of fused-ring (bicyclic) bond motifs is 2. The Hall–Kier alpha value is -3.22. The molecule has 6 rings (SSSR count). The lowest BCUT2D eigenvalue weighted by Gasteiger charge is -2.34. The van der Waals surface area contributed by atoms with Crippen molar-refractivity contribution in [2.75, 3.05) is 0 Å². The van der Waals surface area contributed by atoms with Crippen molar-refractivity contribution in [3.05, 3.63) is 43.3 Å². The van der Waals surface area contributed by atoms with E-state index in [1.165, 1.54) is 0 Å². The summed E-state index contributed by atoms with van der Waals surface area (Å²) in [5.74, 6) is -3.06. The Morgan fingerprint density at radius 2 is 1.09 bits per heavy atom. The summed E-state index contributed by atoms with van der Waals surface area (Å²) in [4.78, 5) is 61.1. The Bertz CT molecular complexity index is 2160. The van der Waals surface area contributed by atoms with Crippen LogP contribution in [0.5, 0.6) is 0 Å². The van der Waals surface area contributed by atoms with E-state index in [-0.39, 0.29) is 60.2 Å². The van der Waals surface area contributed by atoms with E-state index in [0.717, 1.165) is 71.1 Å². The fourth-order valence-electron chi connectivity index (χ4n) is 9.85. The smallest absolute Gasteiger partial charge is 0.309 e. The van der Waals surface area contributed by atoms with Gasteiger partial charge in [0, 0.05) is 35.4 Å². The maximum absolute atomic E-state index is 13.2. The van der Waals surface area contributed by atoms with Crippen LogP contribution in [-0.2, 0) is 38.1 Å². The molecular formula is C53H80N2O12S2. The maximum Gasteiger partial charge on any atom is 0.309 e. The highest BCUT2D eigenvalue weighted by molar-refractivity contribution is 7.09. The number of hydrogen-bond donors (Lipinski definition) is 4. The molecule has 14 atom stereocenters. The van der Waals surface area contributed by atoms with Crippen LogP contribution in [0.2, 0.25) is 0 Å². The number of epoxide rings is 2. The Labute approximate surface area is 417 Å². The molecule has 0 saturated carbocycles. The van der Waals surface area contributed by atoms with Gasteiger partial charge in [-0.15, -0.1) is 22.7 Å². The van der Waals surface area contributed by atoms with Crippen molar-refractivity contribution in [1.29, 1.82) is 0 Å². The fraction of sp³-hybridized carbons (Fsp3) is 0.736. The van der Waals surface area contributed by atoms with E-state index in [1.807, 2.05) is 64.5 Å².